The molecule has 1 unspecified atom stereocenters. The Morgan fingerprint density at radius 3 is 2.38 bits per heavy atom. The molecule has 0 aliphatic carbocycles. The van der Waals surface area contributed by atoms with E-state index in [1.165, 1.54) is 20.4 Å². The number of nitrogens with zero attached hydrogens (tertiary/aromatic N) is 2. The van der Waals surface area contributed by atoms with Crippen LogP contribution in [-0.4, -0.2) is 42.2 Å². The average molecular weight is 395 g/mol. The first-order valence-electron chi connectivity index (χ1n) is 9.00. The quantitative estimate of drug-likeness (QED) is 0.613. The number of carbonyl (C=O) groups excluding carboxylic acids is 2. The monoisotopic (exact) mass is 395 g/mol. The molecule has 0 aliphatic rings. The average Bonchev–Trinajstić information content (AvgIpc) is 2.76. The summed E-state index contributed by atoms with van der Waals surface area (Å²) >= 11 is 0. The maximum absolute atomic E-state index is 12.7. The number of fused-ring (bicyclic) bond motifs is 1. The molecule has 3 aromatic rings. The minimum atomic E-state index is -0.980. The van der Waals surface area contributed by atoms with Crippen molar-refractivity contribution in [2.75, 3.05) is 19.5 Å². The van der Waals surface area contributed by atoms with Gasteiger partial charge in [-0.15, -0.1) is 0 Å². The van der Waals surface area contributed by atoms with Gasteiger partial charge >= 0.3 is 5.97 Å². The van der Waals surface area contributed by atoms with Crippen LogP contribution in [0, 0.1) is 0 Å². The van der Waals surface area contributed by atoms with Crippen molar-refractivity contribution in [1.82, 2.24) is 9.97 Å². The number of aromatic nitrogens is 2. The van der Waals surface area contributed by atoms with Gasteiger partial charge in [0.15, 0.2) is 6.10 Å². The summed E-state index contributed by atoms with van der Waals surface area (Å²) in [4.78, 5) is 33.7. The summed E-state index contributed by atoms with van der Waals surface area (Å²) in [5, 5.41) is 2.73. The van der Waals surface area contributed by atoms with E-state index >= 15 is 0 Å². The van der Waals surface area contributed by atoms with E-state index < -0.39 is 18.0 Å². The molecular weight excluding hydrogens is 374 g/mol. The molecule has 0 saturated carbocycles. The summed E-state index contributed by atoms with van der Waals surface area (Å²) in [6, 6.07) is 10.0. The van der Waals surface area contributed by atoms with Crippen molar-refractivity contribution in [3.63, 3.8) is 0 Å². The largest absolute Gasteiger partial charge is 0.497 e. The van der Waals surface area contributed by atoms with Crippen molar-refractivity contribution < 1.29 is 23.8 Å². The maximum atomic E-state index is 12.7. The molecule has 0 bridgehead atoms. The minimum Gasteiger partial charge on any atom is -0.497 e. The second-order valence-corrected chi connectivity index (χ2v) is 6.12. The van der Waals surface area contributed by atoms with E-state index in [1.807, 2.05) is 0 Å². The van der Waals surface area contributed by atoms with Crippen LogP contribution in [0.4, 0.5) is 5.69 Å². The van der Waals surface area contributed by atoms with E-state index in [4.69, 9.17) is 14.2 Å². The maximum Gasteiger partial charge on any atom is 0.341 e. The molecule has 0 saturated heterocycles. The number of para-hydroxylation sites is 1. The molecule has 3 rings (SSSR count). The lowest BCUT2D eigenvalue weighted by atomic mass is 10.1. The van der Waals surface area contributed by atoms with Gasteiger partial charge in [-0.05, 0) is 18.6 Å². The molecule has 1 amide bonds. The van der Waals surface area contributed by atoms with Crippen LogP contribution in [0.1, 0.15) is 23.7 Å². The molecule has 1 N–H and O–H groups in total. The predicted molar refractivity (Wildman–Crippen MR) is 107 cm³/mol. The second kappa shape index (κ2) is 9.01. The normalized spacial score (nSPS) is 11.6. The molecule has 150 valence electrons. The zero-order valence-electron chi connectivity index (χ0n) is 16.3. The van der Waals surface area contributed by atoms with Crippen molar-refractivity contribution in [3.8, 4) is 11.5 Å². The van der Waals surface area contributed by atoms with Crippen molar-refractivity contribution in [3.05, 3.63) is 54.4 Å². The number of methoxy groups -OCH3 is 2. The van der Waals surface area contributed by atoms with Gasteiger partial charge in [-0.25, -0.2) is 4.79 Å². The number of anilines is 1. The van der Waals surface area contributed by atoms with Gasteiger partial charge in [-0.1, -0.05) is 13.0 Å². The van der Waals surface area contributed by atoms with E-state index in [0.29, 0.717) is 34.6 Å². The highest BCUT2D eigenvalue weighted by Gasteiger charge is 2.24. The van der Waals surface area contributed by atoms with Crippen LogP contribution in [0.3, 0.4) is 0 Å². The first kappa shape index (κ1) is 20.1. The fraction of sp³-hybridized carbons (Fsp3) is 0.238. The third kappa shape index (κ3) is 4.60. The number of esters is 1. The third-order valence-electron chi connectivity index (χ3n) is 4.25. The van der Waals surface area contributed by atoms with E-state index in [1.54, 1.807) is 49.5 Å². The standard InChI is InChI=1S/C21H21N3O5/c1-4-18(20(25)24-13-10-14(27-2)12-15(11-13)28-3)29-21(26)16-6-5-7-17-19(16)23-9-8-22-17/h5-12,18H,4H2,1-3H3,(H,24,25). The van der Waals surface area contributed by atoms with Gasteiger partial charge in [0.1, 0.15) is 17.0 Å². The zero-order valence-corrected chi connectivity index (χ0v) is 16.3. The predicted octanol–water partition coefficient (Wildman–Crippen LogP) is 3.22. The fourth-order valence-electron chi connectivity index (χ4n) is 2.77. The summed E-state index contributed by atoms with van der Waals surface area (Å²) in [6.45, 7) is 1.76. The Balaban J connectivity index is 1.77. The van der Waals surface area contributed by atoms with Crippen LogP contribution in [0.5, 0.6) is 11.5 Å². The van der Waals surface area contributed by atoms with Gasteiger partial charge in [-0.2, -0.15) is 0 Å². The van der Waals surface area contributed by atoms with E-state index in [9.17, 15) is 9.59 Å². The topological polar surface area (TPSA) is 99.6 Å². The van der Waals surface area contributed by atoms with Crippen LogP contribution in [-0.2, 0) is 9.53 Å². The SMILES string of the molecule is CCC(OC(=O)c1cccc2nccnc12)C(=O)Nc1cc(OC)cc(OC)c1. The molecule has 2 aromatic carbocycles. The summed E-state index contributed by atoms with van der Waals surface area (Å²) in [5.74, 6) is -0.0400. The van der Waals surface area contributed by atoms with Gasteiger partial charge < -0.3 is 19.5 Å². The zero-order chi connectivity index (χ0) is 20.8. The Bertz CT molecular complexity index is 1010. The number of hydrogen-bond acceptors (Lipinski definition) is 7. The number of hydrogen-bond donors (Lipinski definition) is 1. The first-order valence-corrected chi connectivity index (χ1v) is 9.00. The number of benzene rings is 2. The summed E-state index contributed by atoms with van der Waals surface area (Å²) in [6.07, 6.45) is 2.36. The molecule has 0 fully saturated rings. The minimum absolute atomic E-state index is 0.255. The molecule has 0 spiro atoms. The molecule has 1 heterocycles. The van der Waals surface area contributed by atoms with Crippen molar-refractivity contribution in [2.45, 2.75) is 19.4 Å². The van der Waals surface area contributed by atoms with Crippen LogP contribution < -0.4 is 14.8 Å². The van der Waals surface area contributed by atoms with Crippen molar-refractivity contribution in [2.24, 2.45) is 0 Å². The first-order chi connectivity index (χ1) is 14.0. The fourth-order valence-corrected chi connectivity index (χ4v) is 2.77. The van der Waals surface area contributed by atoms with Crippen LogP contribution in [0.2, 0.25) is 0 Å². The lowest BCUT2D eigenvalue weighted by molar-refractivity contribution is -0.124. The smallest absolute Gasteiger partial charge is 0.341 e. The van der Waals surface area contributed by atoms with E-state index in [2.05, 4.69) is 15.3 Å². The third-order valence-corrected chi connectivity index (χ3v) is 4.25. The molecule has 1 aromatic heterocycles. The number of ether oxygens (including phenoxy) is 3. The molecule has 0 radical (unpaired) electrons. The van der Waals surface area contributed by atoms with Gasteiger partial charge in [0, 0.05) is 36.3 Å². The number of nitrogens with one attached hydrogen (secondary N) is 1. The van der Waals surface area contributed by atoms with Crippen LogP contribution in [0.15, 0.2) is 48.8 Å². The van der Waals surface area contributed by atoms with Crippen LogP contribution in [0.25, 0.3) is 11.0 Å². The highest BCUT2D eigenvalue weighted by molar-refractivity contribution is 6.03. The lowest BCUT2D eigenvalue weighted by Crippen LogP contribution is -2.32. The Morgan fingerprint density at radius 2 is 1.72 bits per heavy atom. The summed E-state index contributed by atoms with van der Waals surface area (Å²) in [5.41, 5.74) is 1.72. The lowest BCUT2D eigenvalue weighted by Gasteiger charge is -2.17. The number of rotatable bonds is 7. The molecule has 0 aliphatic heterocycles. The van der Waals surface area contributed by atoms with E-state index in [0.717, 1.165) is 0 Å². The highest BCUT2D eigenvalue weighted by Crippen LogP contribution is 2.26. The molecule has 8 nitrogen and oxygen atoms in total. The van der Waals surface area contributed by atoms with Gasteiger partial charge in [0.05, 0.1) is 25.3 Å². The summed E-state index contributed by atoms with van der Waals surface area (Å²) in [7, 11) is 3.04. The van der Waals surface area contributed by atoms with Gasteiger partial charge in [-0.3, -0.25) is 14.8 Å². The Morgan fingerprint density at radius 1 is 1.03 bits per heavy atom. The summed E-state index contributed by atoms with van der Waals surface area (Å²) < 4.78 is 15.9. The number of amides is 1. The Labute approximate surface area is 167 Å². The second-order valence-electron chi connectivity index (χ2n) is 6.12. The van der Waals surface area contributed by atoms with Crippen molar-refractivity contribution in [1.29, 1.82) is 0 Å². The molecule has 1 atom stereocenters. The molecule has 8 heteroatoms. The van der Waals surface area contributed by atoms with Crippen LogP contribution >= 0.6 is 0 Å². The highest BCUT2D eigenvalue weighted by atomic mass is 16.5. The number of carbonyl (C=O) groups is 2. The Hall–Kier alpha value is -3.68. The van der Waals surface area contributed by atoms with Gasteiger partial charge in [0.25, 0.3) is 5.91 Å². The van der Waals surface area contributed by atoms with E-state index in [-0.39, 0.29) is 5.56 Å². The van der Waals surface area contributed by atoms with Crippen molar-refractivity contribution >= 4 is 28.6 Å². The molecular formula is C21H21N3O5. The molecule has 29 heavy (non-hydrogen) atoms. The van der Waals surface area contributed by atoms with Gasteiger partial charge in [0.2, 0.25) is 0 Å². The Kier molecular flexibility index (Phi) is 6.23.